The van der Waals surface area contributed by atoms with Crippen LogP contribution in [0.2, 0.25) is 0 Å². The van der Waals surface area contributed by atoms with Gasteiger partial charge >= 0.3 is 63.3 Å². The van der Waals surface area contributed by atoms with Gasteiger partial charge in [-0.3, -0.25) is 0 Å². The van der Waals surface area contributed by atoms with Gasteiger partial charge in [-0.2, -0.15) is 0 Å². The summed E-state index contributed by atoms with van der Waals surface area (Å²) in [6, 6.07) is 0. The van der Waals surface area contributed by atoms with Gasteiger partial charge in [-0.25, -0.2) is 0 Å². The second-order valence-electron chi connectivity index (χ2n) is 0.192. The summed E-state index contributed by atoms with van der Waals surface area (Å²) < 4.78 is 0. The van der Waals surface area contributed by atoms with Crippen LogP contribution < -0.4 is 0 Å². The first-order valence-corrected chi connectivity index (χ1v) is 29.8. The van der Waals surface area contributed by atoms with Gasteiger partial charge < -0.3 is 0 Å². The third-order valence-corrected chi connectivity index (χ3v) is 0. The Morgan fingerprint density at radius 3 is 1.00 bits per heavy atom. The zero-order valence-electron chi connectivity index (χ0n) is 3.58. The minimum absolute atomic E-state index is 0. The smallest absolute Gasteiger partial charge is 0 e. The van der Waals surface area contributed by atoms with Gasteiger partial charge in [-0.05, 0) is 0 Å². The summed E-state index contributed by atoms with van der Waals surface area (Å²) in [5.41, 5.74) is 0. The summed E-state index contributed by atoms with van der Waals surface area (Å²) in [7, 11) is -0.683. The molecule has 28 valence electrons. The van der Waals surface area contributed by atoms with Crippen molar-refractivity contribution in [2.75, 3.05) is 0 Å². The summed E-state index contributed by atoms with van der Waals surface area (Å²) in [5.74, 6) is 0. The van der Waals surface area contributed by atoms with E-state index < -0.39 is 9.18 Å². The molecule has 0 aromatic heterocycles. The van der Waals surface area contributed by atoms with Crippen LogP contribution in [0, 0.1) is 0 Å². The van der Waals surface area contributed by atoms with E-state index in [4.69, 9.17) is 0 Å². The molecule has 0 unspecified atom stereocenters. The first kappa shape index (κ1) is 17.4. The molecule has 0 aliphatic carbocycles. The maximum Gasteiger partial charge on any atom is 0 e. The topological polar surface area (TPSA) is 0 Å². The van der Waals surface area contributed by atoms with Crippen molar-refractivity contribution >= 4 is 134 Å². The molecule has 0 aromatic carbocycles. The zero-order chi connectivity index (χ0) is 3.58. The largest absolute Gasteiger partial charge is 0 e. The molecule has 0 rings (SSSR count). The van der Waals surface area contributed by atoms with Crippen LogP contribution >= 0.6 is 54.1 Å². The molecular weight excluding hydrogens is 636 g/mol. The standard InChI is InChI=1S/Bi.3HI.K.Li/h;3*1H;;/q+3;;;;;/p-3. The first-order valence-electron chi connectivity index (χ1n) is 0.507. The summed E-state index contributed by atoms with van der Waals surface area (Å²) >= 11 is 7.56. The molecule has 2 radical (unpaired) electrons. The fraction of sp³-hybridized carbons (Fsp3) is 0. The van der Waals surface area contributed by atoms with Crippen LogP contribution in [0.5, 0.6) is 0 Å². The Labute approximate surface area is 128 Å². The molecule has 0 amide bonds. The van der Waals surface area contributed by atoms with Crippen LogP contribution in [0.1, 0.15) is 0 Å². The molecule has 0 saturated carbocycles. The van der Waals surface area contributed by atoms with Crippen LogP contribution in [-0.2, 0) is 0 Å². The molecule has 0 aliphatic rings. The van der Waals surface area contributed by atoms with E-state index >= 15 is 0 Å². The predicted molar refractivity (Wildman–Crippen MR) is 59.3 cm³/mol. The summed E-state index contributed by atoms with van der Waals surface area (Å²) in [5, 5.41) is 0. The molecule has 0 N–H and O–H groups in total. The van der Waals surface area contributed by atoms with Crippen molar-refractivity contribution in [3.05, 3.63) is 0 Å². The number of halogens is 3. The van der Waals surface area contributed by atoms with Crippen LogP contribution in [0.4, 0.5) is 0 Å². The van der Waals surface area contributed by atoms with E-state index in [0.717, 1.165) is 0 Å². The van der Waals surface area contributed by atoms with Gasteiger partial charge in [0.2, 0.25) is 0 Å². The quantitative estimate of drug-likeness (QED) is 0.280. The fourth-order valence-corrected chi connectivity index (χ4v) is 0. The summed E-state index contributed by atoms with van der Waals surface area (Å²) in [6.45, 7) is 0. The summed E-state index contributed by atoms with van der Waals surface area (Å²) in [6.07, 6.45) is 0. The molecule has 0 aliphatic heterocycles. The molecule has 6 heteroatoms. The van der Waals surface area contributed by atoms with Crippen LogP contribution in [-0.4, -0.2) is 79.4 Å². The van der Waals surface area contributed by atoms with Gasteiger partial charge in [0.25, 0.3) is 0 Å². The average molecular weight is 636 g/mol. The summed E-state index contributed by atoms with van der Waals surface area (Å²) in [4.78, 5) is 0. The number of hydrogen-bond acceptors (Lipinski definition) is 0. The third-order valence-electron chi connectivity index (χ3n) is 0. The second kappa shape index (κ2) is 12.9. The molecule has 0 heterocycles. The minimum atomic E-state index is -0.683. The average Bonchev–Trinajstić information content (AvgIpc) is 0.811. The SMILES string of the molecule is [I][Bi]([I])[I].[K].[Li]. The Kier molecular flexibility index (Phi) is 37.5. The van der Waals surface area contributed by atoms with Gasteiger partial charge in [0.1, 0.15) is 0 Å². The van der Waals surface area contributed by atoms with Crippen molar-refractivity contribution in [1.29, 1.82) is 0 Å². The van der Waals surface area contributed by atoms with Gasteiger partial charge in [0.15, 0.2) is 0 Å². The molecule has 0 saturated heterocycles. The van der Waals surface area contributed by atoms with E-state index in [0.29, 0.717) is 0 Å². The molecule has 0 nitrogen and oxygen atoms in total. The number of rotatable bonds is 0. The maximum absolute atomic E-state index is 2.52. The Hall–Kier alpha value is 5.31. The van der Waals surface area contributed by atoms with Gasteiger partial charge in [-0.1, -0.05) is 0 Å². The molecule has 0 bridgehead atoms. The van der Waals surface area contributed by atoms with E-state index in [1.807, 2.05) is 0 Å². The monoisotopic (exact) mass is 636 g/mol. The third kappa shape index (κ3) is 22.8. The van der Waals surface area contributed by atoms with Crippen LogP contribution in [0.15, 0.2) is 0 Å². The van der Waals surface area contributed by atoms with Crippen molar-refractivity contribution in [2.45, 2.75) is 0 Å². The van der Waals surface area contributed by atoms with Crippen molar-refractivity contribution in [1.82, 2.24) is 0 Å². The van der Waals surface area contributed by atoms with Crippen molar-refractivity contribution in [2.24, 2.45) is 0 Å². The van der Waals surface area contributed by atoms with E-state index in [2.05, 4.69) is 54.1 Å². The van der Waals surface area contributed by atoms with Crippen molar-refractivity contribution < 1.29 is 0 Å². The normalized spacial score (nSPS) is 6.00. The van der Waals surface area contributed by atoms with E-state index in [9.17, 15) is 0 Å². The first-order chi connectivity index (χ1) is 1.73. The Balaban J connectivity index is -0.0000000450. The van der Waals surface area contributed by atoms with Gasteiger partial charge in [0, 0.05) is 70.2 Å². The van der Waals surface area contributed by atoms with E-state index in [1.165, 1.54) is 0 Å². The van der Waals surface area contributed by atoms with E-state index in [1.54, 1.807) is 0 Å². The Bertz CT molecular complexity index is 15.5. The second-order valence-corrected chi connectivity index (χ2v) is 75.7. The molecular formula is BiI3KLi. The minimum Gasteiger partial charge on any atom is 0 e. The predicted octanol–water partition coefficient (Wildman–Crippen LogP) is 1.51. The molecule has 0 spiro atoms. The molecule has 0 atom stereocenters. The number of hydrogen-bond donors (Lipinski definition) is 0. The molecule has 6 heavy (non-hydrogen) atoms. The zero-order valence-corrected chi connectivity index (χ0v) is 16.7. The molecule has 0 fully saturated rings. The maximum atomic E-state index is 2.52. The van der Waals surface area contributed by atoms with Crippen LogP contribution in [0.3, 0.4) is 0 Å². The van der Waals surface area contributed by atoms with Crippen LogP contribution in [0.25, 0.3) is 0 Å². The Morgan fingerprint density at radius 2 is 1.00 bits per heavy atom. The Morgan fingerprint density at radius 1 is 1.00 bits per heavy atom. The van der Waals surface area contributed by atoms with Gasteiger partial charge in [0.05, 0.1) is 0 Å². The fourth-order valence-electron chi connectivity index (χ4n) is 0. The van der Waals surface area contributed by atoms with Gasteiger partial charge in [-0.15, -0.1) is 0 Å². The van der Waals surface area contributed by atoms with Crippen molar-refractivity contribution in [3.63, 3.8) is 0 Å². The van der Waals surface area contributed by atoms with Crippen molar-refractivity contribution in [3.8, 4) is 0 Å². The van der Waals surface area contributed by atoms with E-state index in [-0.39, 0.29) is 70.2 Å². The molecule has 0 aromatic rings.